The van der Waals surface area contributed by atoms with Gasteiger partial charge in [0.05, 0.1) is 28.5 Å². The van der Waals surface area contributed by atoms with E-state index in [4.69, 9.17) is 4.74 Å². The fraction of sp³-hybridized carbons (Fsp3) is 0.222. The number of aromatic nitrogens is 1. The summed E-state index contributed by atoms with van der Waals surface area (Å²) in [6, 6.07) is 17.1. The third-order valence-electron chi connectivity index (χ3n) is 5.58. The predicted molar refractivity (Wildman–Crippen MR) is 138 cm³/mol. The van der Waals surface area contributed by atoms with Crippen molar-refractivity contribution < 1.29 is 9.53 Å². The summed E-state index contributed by atoms with van der Waals surface area (Å²) in [6.07, 6.45) is 5.61. The van der Waals surface area contributed by atoms with E-state index in [0.717, 1.165) is 16.8 Å². The molecule has 1 aliphatic heterocycles. The standard InChI is InChI=1S/C27H27N3O3S/c1-5-33-26(32)23-18(2)28-27-30(24(23)20-14-16-21(17-15-20)29(3)4)25(31)22(34-27)13-9-12-19-10-7-6-8-11-19/h6-17,24H,5H2,1-4H3/b12-9+,22-13+/t24-/m1/s1. The van der Waals surface area contributed by atoms with E-state index in [1.54, 1.807) is 24.5 Å². The summed E-state index contributed by atoms with van der Waals surface area (Å²) >= 11 is 1.32. The van der Waals surface area contributed by atoms with Crippen molar-refractivity contribution in [2.24, 2.45) is 4.99 Å². The van der Waals surface area contributed by atoms with E-state index in [1.165, 1.54) is 11.3 Å². The summed E-state index contributed by atoms with van der Waals surface area (Å²) in [5.41, 5.74) is 3.67. The van der Waals surface area contributed by atoms with E-state index in [9.17, 15) is 9.59 Å². The number of fused-ring (bicyclic) bond motifs is 1. The Balaban J connectivity index is 1.85. The van der Waals surface area contributed by atoms with Crippen LogP contribution in [-0.2, 0) is 9.53 Å². The number of rotatable bonds is 6. The van der Waals surface area contributed by atoms with E-state index in [1.807, 2.05) is 85.7 Å². The molecule has 2 aromatic carbocycles. The molecule has 2 heterocycles. The molecule has 0 amide bonds. The summed E-state index contributed by atoms with van der Waals surface area (Å²) in [5.74, 6) is -0.455. The molecule has 0 fully saturated rings. The summed E-state index contributed by atoms with van der Waals surface area (Å²) in [6.45, 7) is 3.80. The maximum absolute atomic E-state index is 13.5. The van der Waals surface area contributed by atoms with Gasteiger partial charge in [-0.05, 0) is 43.2 Å². The highest BCUT2D eigenvalue weighted by Gasteiger charge is 2.33. The molecule has 6 nitrogen and oxygen atoms in total. The lowest BCUT2D eigenvalue weighted by molar-refractivity contribution is -0.139. The molecule has 0 radical (unpaired) electrons. The minimum atomic E-state index is -0.605. The summed E-state index contributed by atoms with van der Waals surface area (Å²) < 4.78 is 7.51. The van der Waals surface area contributed by atoms with Crippen LogP contribution in [0.1, 0.15) is 31.0 Å². The van der Waals surface area contributed by atoms with Crippen LogP contribution in [0.15, 0.2) is 81.7 Å². The van der Waals surface area contributed by atoms with Gasteiger partial charge in [-0.25, -0.2) is 9.79 Å². The van der Waals surface area contributed by atoms with Crippen molar-refractivity contribution in [3.05, 3.63) is 103 Å². The third kappa shape index (κ3) is 4.65. The van der Waals surface area contributed by atoms with Gasteiger partial charge in [-0.15, -0.1) is 0 Å². The van der Waals surface area contributed by atoms with Gasteiger partial charge in [0, 0.05) is 19.8 Å². The second-order valence-electron chi connectivity index (χ2n) is 8.08. The highest BCUT2D eigenvalue weighted by molar-refractivity contribution is 7.07. The van der Waals surface area contributed by atoms with Crippen LogP contribution in [0, 0.1) is 0 Å². The number of nitrogens with zero attached hydrogens (tertiary/aromatic N) is 3. The molecular formula is C27H27N3O3S. The minimum absolute atomic E-state index is 0.183. The maximum Gasteiger partial charge on any atom is 0.338 e. The fourth-order valence-electron chi connectivity index (χ4n) is 3.89. The molecule has 1 atom stereocenters. The molecular weight excluding hydrogens is 446 g/mol. The topological polar surface area (TPSA) is 63.9 Å². The molecule has 0 saturated heterocycles. The first-order valence-corrected chi connectivity index (χ1v) is 11.9. The number of hydrogen-bond acceptors (Lipinski definition) is 6. The Bertz CT molecular complexity index is 1430. The van der Waals surface area contributed by atoms with Gasteiger partial charge in [0.2, 0.25) is 0 Å². The van der Waals surface area contributed by atoms with Gasteiger partial charge in [-0.2, -0.15) is 0 Å². The number of hydrogen-bond donors (Lipinski definition) is 0. The summed E-state index contributed by atoms with van der Waals surface area (Å²) in [7, 11) is 3.93. The predicted octanol–water partition coefficient (Wildman–Crippen LogP) is 3.53. The van der Waals surface area contributed by atoms with Gasteiger partial charge < -0.3 is 9.64 Å². The lowest BCUT2D eigenvalue weighted by atomic mass is 9.95. The maximum atomic E-state index is 13.5. The molecule has 7 heteroatoms. The molecule has 3 aromatic rings. The number of ether oxygens (including phenoxy) is 1. The first kappa shape index (κ1) is 23.4. The molecule has 0 saturated carbocycles. The van der Waals surface area contributed by atoms with Crippen LogP contribution in [-0.4, -0.2) is 31.2 Å². The fourth-order valence-corrected chi connectivity index (χ4v) is 4.88. The Morgan fingerprint density at radius 2 is 1.85 bits per heavy atom. The molecule has 34 heavy (non-hydrogen) atoms. The zero-order chi connectivity index (χ0) is 24.2. The van der Waals surface area contributed by atoms with E-state index in [2.05, 4.69) is 4.99 Å². The third-order valence-corrected chi connectivity index (χ3v) is 6.58. The monoisotopic (exact) mass is 473 g/mol. The van der Waals surface area contributed by atoms with Crippen molar-refractivity contribution in [3.8, 4) is 0 Å². The zero-order valence-electron chi connectivity index (χ0n) is 19.7. The van der Waals surface area contributed by atoms with Gasteiger partial charge in [-0.3, -0.25) is 9.36 Å². The Hall–Kier alpha value is -3.71. The second-order valence-corrected chi connectivity index (χ2v) is 9.09. The van der Waals surface area contributed by atoms with Crippen molar-refractivity contribution in [2.75, 3.05) is 25.6 Å². The van der Waals surface area contributed by atoms with Gasteiger partial charge in [0.1, 0.15) is 0 Å². The molecule has 4 rings (SSSR count). The Morgan fingerprint density at radius 3 is 2.50 bits per heavy atom. The van der Waals surface area contributed by atoms with Gasteiger partial charge in [0.25, 0.3) is 5.56 Å². The van der Waals surface area contributed by atoms with Crippen molar-refractivity contribution in [3.63, 3.8) is 0 Å². The number of thiazole rings is 1. The van der Waals surface area contributed by atoms with Crippen LogP contribution < -0.4 is 19.8 Å². The van der Waals surface area contributed by atoms with Gasteiger partial charge >= 0.3 is 5.97 Å². The lowest BCUT2D eigenvalue weighted by Gasteiger charge is -2.25. The summed E-state index contributed by atoms with van der Waals surface area (Å²) in [4.78, 5) is 33.6. The van der Waals surface area contributed by atoms with E-state index in [0.29, 0.717) is 20.6 Å². The molecule has 1 aliphatic rings. The Labute approximate surface area is 202 Å². The van der Waals surface area contributed by atoms with Crippen molar-refractivity contribution in [1.82, 2.24) is 4.57 Å². The number of anilines is 1. The highest BCUT2D eigenvalue weighted by Crippen LogP contribution is 2.31. The van der Waals surface area contributed by atoms with Crippen LogP contribution in [0.2, 0.25) is 0 Å². The summed E-state index contributed by atoms with van der Waals surface area (Å²) in [5, 5.41) is 0. The lowest BCUT2D eigenvalue weighted by Crippen LogP contribution is -2.39. The van der Waals surface area contributed by atoms with Gasteiger partial charge in [0.15, 0.2) is 4.80 Å². The Kier molecular flexibility index (Phi) is 6.93. The number of esters is 1. The number of allylic oxidation sites excluding steroid dienone is 2. The highest BCUT2D eigenvalue weighted by atomic mass is 32.1. The van der Waals surface area contributed by atoms with Crippen molar-refractivity contribution in [1.29, 1.82) is 0 Å². The first-order chi connectivity index (χ1) is 16.4. The van der Waals surface area contributed by atoms with Crippen LogP contribution in [0.3, 0.4) is 0 Å². The van der Waals surface area contributed by atoms with E-state index < -0.39 is 12.0 Å². The molecule has 0 aliphatic carbocycles. The molecule has 0 bridgehead atoms. The van der Waals surface area contributed by atoms with E-state index >= 15 is 0 Å². The molecule has 0 spiro atoms. The van der Waals surface area contributed by atoms with Crippen molar-refractivity contribution >= 4 is 35.1 Å². The zero-order valence-corrected chi connectivity index (χ0v) is 20.5. The van der Waals surface area contributed by atoms with Crippen LogP contribution in [0.4, 0.5) is 5.69 Å². The quantitative estimate of drug-likeness (QED) is 0.514. The number of carbonyl (C=O) groups excluding carboxylic acids is 1. The number of carbonyl (C=O) groups is 1. The first-order valence-electron chi connectivity index (χ1n) is 11.1. The normalized spacial score (nSPS) is 15.9. The van der Waals surface area contributed by atoms with Crippen LogP contribution >= 0.6 is 11.3 Å². The molecule has 0 unspecified atom stereocenters. The molecule has 0 N–H and O–H groups in total. The van der Waals surface area contributed by atoms with Crippen LogP contribution in [0.25, 0.3) is 12.2 Å². The average molecular weight is 474 g/mol. The van der Waals surface area contributed by atoms with Crippen LogP contribution in [0.5, 0.6) is 0 Å². The average Bonchev–Trinajstić information content (AvgIpc) is 3.13. The van der Waals surface area contributed by atoms with Crippen molar-refractivity contribution in [2.45, 2.75) is 19.9 Å². The smallest absolute Gasteiger partial charge is 0.338 e. The molecule has 1 aromatic heterocycles. The minimum Gasteiger partial charge on any atom is -0.463 e. The largest absolute Gasteiger partial charge is 0.463 e. The van der Waals surface area contributed by atoms with Gasteiger partial charge in [-0.1, -0.05) is 66.0 Å². The SMILES string of the molecule is CCOC(=O)C1=C(C)N=c2s/c(=C/C=C/c3ccccc3)c(=O)n2[C@@H]1c1ccc(N(C)C)cc1. The molecule has 174 valence electrons. The number of benzene rings is 2. The van der Waals surface area contributed by atoms with E-state index in [-0.39, 0.29) is 12.2 Å². The second kappa shape index (κ2) is 10.1. The Morgan fingerprint density at radius 1 is 1.15 bits per heavy atom.